The van der Waals surface area contributed by atoms with Crippen LogP contribution in [0.25, 0.3) is 0 Å². The highest BCUT2D eigenvalue weighted by atomic mass is 35.6. The summed E-state index contributed by atoms with van der Waals surface area (Å²) < 4.78 is 17.6. The molecule has 14 nitrogen and oxygen atoms in total. The zero-order chi connectivity index (χ0) is 34.9. The number of ether oxygens (including phenoxy) is 5. The Balaban J connectivity index is 0.000000353. The molecule has 2 atom stereocenters. The van der Waals surface area contributed by atoms with Gasteiger partial charge in [-0.15, -0.1) is 0 Å². The van der Waals surface area contributed by atoms with E-state index in [1.807, 2.05) is 60.7 Å². The summed E-state index contributed by atoms with van der Waals surface area (Å²) in [6, 6.07) is 16.1. The normalized spacial score (nSPS) is 14.5. The number of alkyl carbamates (subject to hydrolysis) is 1. The topological polar surface area (TPSA) is 207 Å². The van der Waals surface area contributed by atoms with Gasteiger partial charge in [-0.3, -0.25) is 14.4 Å². The number of esters is 3. The number of aliphatic carboxylic acids is 1. The summed E-state index contributed by atoms with van der Waals surface area (Å²) >= 11 is 30.2. The van der Waals surface area contributed by atoms with Crippen LogP contribution in [0.3, 0.4) is 0 Å². The number of rotatable bonds is 9. The number of nitrogens with one attached hydrogen (secondary N) is 1. The highest BCUT2D eigenvalue weighted by Crippen LogP contribution is 2.32. The van der Waals surface area contributed by atoms with E-state index in [9.17, 15) is 28.8 Å². The van der Waals surface area contributed by atoms with Crippen molar-refractivity contribution in [1.82, 2.24) is 5.32 Å². The second kappa shape index (κ2) is 20.1. The number of carbonyl (C=O) groups is 6. The van der Waals surface area contributed by atoms with Crippen LogP contribution in [0.4, 0.5) is 9.59 Å². The van der Waals surface area contributed by atoms with E-state index in [1.54, 1.807) is 0 Å². The molecule has 0 aliphatic carbocycles. The summed E-state index contributed by atoms with van der Waals surface area (Å²) in [5.74, 6) is -3.14. The molecule has 1 amide bonds. The number of nitrogens with two attached hydrogens (primary N) is 1. The Kier molecular flexibility index (Phi) is 17.8. The van der Waals surface area contributed by atoms with E-state index >= 15 is 0 Å². The lowest BCUT2D eigenvalue weighted by Gasteiger charge is -2.15. The van der Waals surface area contributed by atoms with E-state index in [0.717, 1.165) is 11.1 Å². The zero-order valence-corrected chi connectivity index (χ0v) is 27.6. The van der Waals surface area contributed by atoms with Gasteiger partial charge in [0.25, 0.3) is 0 Å². The van der Waals surface area contributed by atoms with Crippen LogP contribution in [0.2, 0.25) is 0 Å². The number of hydrogen-bond acceptors (Lipinski definition) is 12. The molecular weight excluding hydrogens is 745 g/mol. The van der Waals surface area contributed by atoms with Crippen molar-refractivity contribution < 1.29 is 57.6 Å². The van der Waals surface area contributed by atoms with Crippen LogP contribution in [0.1, 0.15) is 24.0 Å². The first-order valence-electron chi connectivity index (χ1n) is 12.3. The fourth-order valence-electron chi connectivity index (χ4n) is 2.76. The average molecular weight is 769 g/mol. The number of hydrogen-bond donors (Lipinski definition) is 3. The van der Waals surface area contributed by atoms with Crippen LogP contribution < -0.4 is 11.1 Å². The van der Waals surface area contributed by atoms with Crippen molar-refractivity contribution in [2.75, 3.05) is 0 Å². The van der Waals surface area contributed by atoms with Gasteiger partial charge in [-0.2, -0.15) is 0 Å². The minimum absolute atomic E-state index is 0.131. The smallest absolute Gasteiger partial charge is 0.480 e. The summed E-state index contributed by atoms with van der Waals surface area (Å²) in [5, 5.41) is 10.7. The molecular formula is C26H24Cl6N2O12. The van der Waals surface area contributed by atoms with Crippen molar-refractivity contribution in [3.05, 3.63) is 71.8 Å². The lowest BCUT2D eigenvalue weighted by molar-refractivity contribution is -0.149. The van der Waals surface area contributed by atoms with Crippen molar-refractivity contribution >= 4 is 106 Å². The molecule has 0 saturated carbocycles. The SMILES string of the molecule is NC(CC(=O)OCc1ccccc1)C(=O)O.O=C(CC1NC(=O)OC1=O)OCc1ccccc1.O=C(OC(Cl)(Cl)Cl)OC(Cl)(Cl)Cl. The summed E-state index contributed by atoms with van der Waals surface area (Å²) in [6.45, 7) is 0.265. The molecule has 1 heterocycles. The highest BCUT2D eigenvalue weighted by molar-refractivity contribution is 6.67. The number of amides is 1. The number of carboxylic acids is 1. The first-order chi connectivity index (χ1) is 21.3. The van der Waals surface area contributed by atoms with E-state index in [0.29, 0.717) is 0 Å². The molecule has 2 aromatic carbocycles. The van der Waals surface area contributed by atoms with Crippen LogP contribution >= 0.6 is 69.6 Å². The Morgan fingerprint density at radius 2 is 1.24 bits per heavy atom. The zero-order valence-electron chi connectivity index (χ0n) is 23.0. The Hall–Kier alpha value is -3.24. The molecule has 1 aliphatic rings. The lowest BCUT2D eigenvalue weighted by Crippen LogP contribution is -2.33. The van der Waals surface area contributed by atoms with Crippen LogP contribution in [-0.2, 0) is 56.1 Å². The molecule has 252 valence electrons. The second-order valence-electron chi connectivity index (χ2n) is 8.40. The second-order valence-corrected chi connectivity index (χ2v) is 12.8. The van der Waals surface area contributed by atoms with Crippen molar-refractivity contribution in [1.29, 1.82) is 0 Å². The third kappa shape index (κ3) is 20.0. The van der Waals surface area contributed by atoms with Gasteiger partial charge in [0.05, 0.1) is 12.8 Å². The largest absolute Gasteiger partial charge is 0.515 e. The Bertz CT molecular complexity index is 1310. The quantitative estimate of drug-likeness (QED) is 0.132. The predicted octanol–water partition coefficient (Wildman–Crippen LogP) is 5.08. The number of cyclic esters (lactones) is 2. The molecule has 4 N–H and O–H groups in total. The Morgan fingerprint density at radius 3 is 1.61 bits per heavy atom. The maximum Gasteiger partial charge on any atom is 0.515 e. The van der Waals surface area contributed by atoms with Gasteiger partial charge in [-0.1, -0.05) is 60.7 Å². The molecule has 0 radical (unpaired) electrons. The molecule has 1 saturated heterocycles. The molecule has 2 aromatic rings. The Labute approximate surface area is 291 Å². The molecule has 0 spiro atoms. The number of halogens is 6. The minimum atomic E-state index is -2.24. The fraction of sp³-hybridized carbons (Fsp3) is 0.308. The van der Waals surface area contributed by atoms with Gasteiger partial charge < -0.3 is 39.8 Å². The van der Waals surface area contributed by atoms with Gasteiger partial charge in [-0.25, -0.2) is 14.4 Å². The van der Waals surface area contributed by atoms with Crippen molar-refractivity contribution in [2.24, 2.45) is 5.73 Å². The molecule has 1 aliphatic heterocycles. The summed E-state index contributed by atoms with van der Waals surface area (Å²) in [5.41, 5.74) is 6.88. The van der Waals surface area contributed by atoms with Crippen LogP contribution in [0.15, 0.2) is 60.7 Å². The van der Waals surface area contributed by atoms with E-state index < -0.39 is 56.2 Å². The maximum absolute atomic E-state index is 11.4. The standard InChI is InChI=1S/C12H11NO5.C11H13NO4.C3Cl6O3/c14-10(6-9-11(15)18-12(16)13-9)17-7-8-4-2-1-3-5-8;12-9(11(14)15)6-10(13)16-7-8-4-2-1-3-5-8;4-2(5,6)11-1(10)12-3(7,8)9/h1-5,9H,6-7H2,(H,13,16);1-5,9H,6-7,12H2,(H,14,15);. The molecule has 2 unspecified atom stereocenters. The average Bonchev–Trinajstić information content (AvgIpc) is 3.26. The first-order valence-corrected chi connectivity index (χ1v) is 14.6. The molecule has 46 heavy (non-hydrogen) atoms. The third-order valence-electron chi connectivity index (χ3n) is 4.73. The summed E-state index contributed by atoms with van der Waals surface area (Å²) in [6.07, 6.45) is -2.78. The van der Waals surface area contributed by atoms with Gasteiger partial charge in [-0.05, 0) is 80.7 Å². The molecule has 3 rings (SSSR count). The van der Waals surface area contributed by atoms with Crippen molar-refractivity contribution in [3.63, 3.8) is 0 Å². The lowest BCUT2D eigenvalue weighted by atomic mass is 10.2. The maximum atomic E-state index is 11.4. The van der Waals surface area contributed by atoms with Crippen molar-refractivity contribution in [2.45, 2.75) is 46.1 Å². The monoisotopic (exact) mass is 766 g/mol. The van der Waals surface area contributed by atoms with Gasteiger partial charge >= 0.3 is 44.1 Å². The van der Waals surface area contributed by atoms with Crippen molar-refractivity contribution in [3.8, 4) is 0 Å². The molecule has 1 fully saturated rings. The van der Waals surface area contributed by atoms with E-state index in [4.69, 9.17) is 89.9 Å². The fourth-order valence-corrected chi connectivity index (χ4v) is 3.14. The number of carbonyl (C=O) groups excluding carboxylic acids is 5. The minimum Gasteiger partial charge on any atom is -0.480 e. The van der Waals surface area contributed by atoms with Gasteiger partial charge in [0.2, 0.25) is 0 Å². The first kappa shape index (κ1) is 40.8. The predicted molar refractivity (Wildman–Crippen MR) is 164 cm³/mol. The highest BCUT2D eigenvalue weighted by Gasteiger charge is 2.34. The van der Waals surface area contributed by atoms with Crippen LogP contribution in [-0.4, -0.2) is 61.3 Å². The van der Waals surface area contributed by atoms with E-state index in [1.165, 1.54) is 0 Å². The van der Waals surface area contributed by atoms with Crippen LogP contribution in [0, 0.1) is 0 Å². The van der Waals surface area contributed by atoms with Gasteiger partial charge in [0.15, 0.2) is 0 Å². The van der Waals surface area contributed by atoms with E-state index in [2.05, 4.69) is 19.5 Å². The molecule has 0 bridgehead atoms. The van der Waals surface area contributed by atoms with E-state index in [-0.39, 0.29) is 26.1 Å². The summed E-state index contributed by atoms with van der Waals surface area (Å²) in [4.78, 5) is 65.3. The number of benzene rings is 2. The van der Waals surface area contributed by atoms with Gasteiger partial charge in [0, 0.05) is 0 Å². The van der Waals surface area contributed by atoms with Crippen LogP contribution in [0.5, 0.6) is 0 Å². The molecule has 0 aromatic heterocycles. The number of carboxylic acid groups (broad SMARTS) is 1. The Morgan fingerprint density at radius 1 is 0.804 bits per heavy atom. The number of alkyl halides is 6. The molecule has 20 heteroatoms. The summed E-state index contributed by atoms with van der Waals surface area (Å²) in [7, 11) is 0. The van der Waals surface area contributed by atoms with Gasteiger partial charge in [0.1, 0.15) is 25.3 Å². The third-order valence-corrected chi connectivity index (χ3v) is 5.19.